The number of likely N-dealkylation sites (N-methyl/N-ethyl adjacent to an activating group) is 1. The van der Waals surface area contributed by atoms with Gasteiger partial charge in [-0.3, -0.25) is 0 Å². The smallest absolute Gasteiger partial charge is 0.138 e. The molecule has 3 nitrogen and oxygen atoms in total. The van der Waals surface area contributed by atoms with E-state index in [1.54, 1.807) is 6.07 Å². The topological polar surface area (TPSA) is 49.5 Å². The van der Waals surface area contributed by atoms with Crippen LogP contribution >= 0.6 is 0 Å². The number of nitrogens with zero attached hydrogens (tertiary/aromatic N) is 1. The molecule has 0 aromatic heterocycles. The van der Waals surface area contributed by atoms with Crippen LogP contribution in [0.25, 0.3) is 0 Å². The summed E-state index contributed by atoms with van der Waals surface area (Å²) in [6.07, 6.45) is 0.942. The van der Waals surface area contributed by atoms with Crippen molar-refractivity contribution in [3.05, 3.63) is 23.8 Å². The molecule has 0 saturated carbocycles. The lowest BCUT2D eigenvalue weighted by atomic mass is 10.1. The number of nitrogens with two attached hydrogens (primary N) is 1. The van der Waals surface area contributed by atoms with Crippen molar-refractivity contribution in [3.8, 4) is 5.75 Å². The molecular formula is C11H18N2O. The highest BCUT2D eigenvalue weighted by Crippen LogP contribution is 2.21. The molecule has 1 rings (SSSR count). The van der Waals surface area contributed by atoms with E-state index in [0.717, 1.165) is 12.0 Å². The number of phenols is 1. The van der Waals surface area contributed by atoms with E-state index in [4.69, 9.17) is 5.73 Å². The first-order valence-corrected chi connectivity index (χ1v) is 4.74. The SMILES string of the molecule is CC(Cc1ccc(O)c(N)c1)N(C)C. The molecule has 0 spiro atoms. The predicted molar refractivity (Wildman–Crippen MR) is 59.4 cm³/mol. The molecule has 1 aromatic carbocycles. The van der Waals surface area contributed by atoms with Crippen molar-refractivity contribution in [2.75, 3.05) is 19.8 Å². The average Bonchev–Trinajstić information content (AvgIpc) is 2.11. The fourth-order valence-corrected chi connectivity index (χ4v) is 1.25. The van der Waals surface area contributed by atoms with Crippen molar-refractivity contribution in [3.63, 3.8) is 0 Å². The highest BCUT2D eigenvalue weighted by molar-refractivity contribution is 5.53. The van der Waals surface area contributed by atoms with E-state index in [0.29, 0.717) is 11.7 Å². The molecule has 3 heteroatoms. The van der Waals surface area contributed by atoms with E-state index in [1.165, 1.54) is 0 Å². The summed E-state index contributed by atoms with van der Waals surface area (Å²) in [5.41, 5.74) is 7.22. The largest absolute Gasteiger partial charge is 0.506 e. The molecule has 14 heavy (non-hydrogen) atoms. The van der Waals surface area contributed by atoms with Gasteiger partial charge in [-0.2, -0.15) is 0 Å². The van der Waals surface area contributed by atoms with Crippen molar-refractivity contribution >= 4 is 5.69 Å². The summed E-state index contributed by atoms with van der Waals surface area (Å²) in [5.74, 6) is 0.159. The molecule has 0 aliphatic carbocycles. The number of phenolic OH excluding ortho intramolecular Hbond substituents is 1. The van der Waals surface area contributed by atoms with Gasteiger partial charge in [0.25, 0.3) is 0 Å². The number of hydrogen-bond acceptors (Lipinski definition) is 3. The van der Waals surface area contributed by atoms with Gasteiger partial charge in [-0.25, -0.2) is 0 Å². The fraction of sp³-hybridized carbons (Fsp3) is 0.455. The van der Waals surface area contributed by atoms with Gasteiger partial charge >= 0.3 is 0 Å². The van der Waals surface area contributed by atoms with E-state index >= 15 is 0 Å². The van der Waals surface area contributed by atoms with Crippen LogP contribution in [0.15, 0.2) is 18.2 Å². The monoisotopic (exact) mass is 194 g/mol. The lowest BCUT2D eigenvalue weighted by Gasteiger charge is -2.19. The van der Waals surface area contributed by atoms with E-state index in [2.05, 4.69) is 25.9 Å². The Morgan fingerprint density at radius 3 is 2.57 bits per heavy atom. The van der Waals surface area contributed by atoms with Gasteiger partial charge in [0.2, 0.25) is 0 Å². The molecular weight excluding hydrogens is 176 g/mol. The van der Waals surface area contributed by atoms with Crippen LogP contribution in [0.4, 0.5) is 5.69 Å². The fourth-order valence-electron chi connectivity index (χ4n) is 1.25. The Morgan fingerprint density at radius 2 is 2.07 bits per heavy atom. The molecule has 0 aliphatic heterocycles. The summed E-state index contributed by atoms with van der Waals surface area (Å²) >= 11 is 0. The third kappa shape index (κ3) is 2.64. The zero-order chi connectivity index (χ0) is 10.7. The Balaban J connectivity index is 2.73. The summed E-state index contributed by atoms with van der Waals surface area (Å²) in [4.78, 5) is 2.16. The van der Waals surface area contributed by atoms with Gasteiger partial charge in [0.1, 0.15) is 5.75 Å². The van der Waals surface area contributed by atoms with Crippen LogP contribution in [0.1, 0.15) is 12.5 Å². The second-order valence-corrected chi connectivity index (χ2v) is 3.91. The quantitative estimate of drug-likeness (QED) is 0.566. The molecule has 1 unspecified atom stereocenters. The number of hydrogen-bond donors (Lipinski definition) is 2. The number of aromatic hydroxyl groups is 1. The predicted octanol–water partition coefficient (Wildman–Crippen LogP) is 1.47. The van der Waals surface area contributed by atoms with E-state index < -0.39 is 0 Å². The zero-order valence-electron chi connectivity index (χ0n) is 8.99. The number of anilines is 1. The first-order chi connectivity index (χ1) is 6.50. The van der Waals surface area contributed by atoms with E-state index in [9.17, 15) is 5.11 Å². The molecule has 0 saturated heterocycles. The molecule has 78 valence electrons. The van der Waals surface area contributed by atoms with Gasteiger partial charge in [0, 0.05) is 6.04 Å². The van der Waals surface area contributed by atoms with Crippen LogP contribution in [0.2, 0.25) is 0 Å². The lowest BCUT2D eigenvalue weighted by molar-refractivity contribution is 0.312. The standard InChI is InChI=1S/C11H18N2O/c1-8(13(2)3)6-9-4-5-11(14)10(12)7-9/h4-5,7-8,14H,6,12H2,1-3H3. The third-order valence-electron chi connectivity index (χ3n) is 2.50. The molecule has 3 N–H and O–H groups in total. The van der Waals surface area contributed by atoms with Crippen molar-refractivity contribution in [2.45, 2.75) is 19.4 Å². The van der Waals surface area contributed by atoms with Crippen LogP contribution in [0.5, 0.6) is 5.75 Å². The Morgan fingerprint density at radius 1 is 1.43 bits per heavy atom. The van der Waals surface area contributed by atoms with Gasteiger partial charge in [0.15, 0.2) is 0 Å². The Labute approximate surface area is 85.2 Å². The Bertz CT molecular complexity index is 310. The zero-order valence-corrected chi connectivity index (χ0v) is 8.99. The van der Waals surface area contributed by atoms with Crippen LogP contribution in [0, 0.1) is 0 Å². The maximum Gasteiger partial charge on any atom is 0.138 e. The molecule has 0 fully saturated rings. The van der Waals surface area contributed by atoms with Crippen LogP contribution in [-0.4, -0.2) is 30.1 Å². The van der Waals surface area contributed by atoms with Crippen LogP contribution in [-0.2, 0) is 6.42 Å². The molecule has 0 bridgehead atoms. The summed E-state index contributed by atoms with van der Waals surface area (Å²) in [7, 11) is 4.10. The number of nitrogen functional groups attached to an aromatic ring is 1. The molecule has 1 atom stereocenters. The second kappa shape index (κ2) is 4.33. The number of rotatable bonds is 3. The molecule has 0 amide bonds. The molecule has 0 heterocycles. The lowest BCUT2D eigenvalue weighted by Crippen LogP contribution is -2.26. The summed E-state index contributed by atoms with van der Waals surface area (Å²) in [6.45, 7) is 2.16. The minimum Gasteiger partial charge on any atom is -0.506 e. The first kappa shape index (κ1) is 10.9. The van der Waals surface area contributed by atoms with Crippen molar-refractivity contribution in [2.24, 2.45) is 0 Å². The van der Waals surface area contributed by atoms with E-state index in [-0.39, 0.29) is 5.75 Å². The molecule has 1 aromatic rings. The minimum atomic E-state index is 0.159. The maximum atomic E-state index is 9.25. The van der Waals surface area contributed by atoms with Gasteiger partial charge in [0.05, 0.1) is 5.69 Å². The van der Waals surface area contributed by atoms with Gasteiger partial charge < -0.3 is 15.7 Å². The van der Waals surface area contributed by atoms with E-state index in [1.807, 2.05) is 12.1 Å². The average molecular weight is 194 g/mol. The molecule has 0 radical (unpaired) electrons. The minimum absolute atomic E-state index is 0.159. The van der Waals surface area contributed by atoms with Crippen molar-refractivity contribution in [1.82, 2.24) is 4.90 Å². The van der Waals surface area contributed by atoms with Crippen molar-refractivity contribution < 1.29 is 5.11 Å². The van der Waals surface area contributed by atoms with Crippen molar-refractivity contribution in [1.29, 1.82) is 0 Å². The first-order valence-electron chi connectivity index (χ1n) is 4.74. The summed E-state index contributed by atoms with van der Waals surface area (Å²) < 4.78 is 0. The van der Waals surface area contributed by atoms with Crippen LogP contribution in [0.3, 0.4) is 0 Å². The Kier molecular flexibility index (Phi) is 3.36. The Hall–Kier alpha value is -1.22. The van der Waals surface area contributed by atoms with Gasteiger partial charge in [-0.05, 0) is 45.1 Å². The number of benzene rings is 1. The highest BCUT2D eigenvalue weighted by atomic mass is 16.3. The van der Waals surface area contributed by atoms with Gasteiger partial charge in [-0.1, -0.05) is 6.07 Å². The maximum absolute atomic E-state index is 9.25. The summed E-state index contributed by atoms with van der Waals surface area (Å²) in [6, 6.07) is 5.85. The second-order valence-electron chi connectivity index (χ2n) is 3.91. The highest BCUT2D eigenvalue weighted by Gasteiger charge is 2.06. The van der Waals surface area contributed by atoms with Gasteiger partial charge in [-0.15, -0.1) is 0 Å². The molecule has 0 aliphatic rings. The normalized spacial score (nSPS) is 13.1. The summed E-state index contributed by atoms with van der Waals surface area (Å²) in [5, 5.41) is 9.25. The third-order valence-corrected chi connectivity index (χ3v) is 2.50. The van der Waals surface area contributed by atoms with Crippen LogP contribution < -0.4 is 5.73 Å².